The molecular formula is C15H22N6O2. The number of aromatic nitrogens is 4. The average Bonchev–Trinajstić information content (AvgIpc) is 2.40. The van der Waals surface area contributed by atoms with Crippen LogP contribution in [0.2, 0.25) is 0 Å². The van der Waals surface area contributed by atoms with Gasteiger partial charge in [-0.2, -0.15) is 15.0 Å². The molecule has 0 aromatic carbocycles. The normalized spacial score (nSPS) is 10.8. The molecule has 23 heavy (non-hydrogen) atoms. The summed E-state index contributed by atoms with van der Waals surface area (Å²) >= 11 is 0. The minimum Gasteiger partial charge on any atom is -0.475 e. The molecule has 0 aliphatic carbocycles. The minimum atomic E-state index is -0.254. The molecule has 0 saturated carbocycles. The van der Waals surface area contributed by atoms with Crippen LogP contribution in [-0.4, -0.2) is 32.2 Å². The van der Waals surface area contributed by atoms with E-state index in [4.69, 9.17) is 10.5 Å². The highest BCUT2D eigenvalue weighted by Gasteiger charge is 2.06. The molecule has 2 heterocycles. The van der Waals surface area contributed by atoms with Crippen molar-refractivity contribution >= 4 is 11.8 Å². The molecule has 0 aliphatic heterocycles. The number of nitrogen functional groups attached to an aromatic ring is 1. The van der Waals surface area contributed by atoms with Gasteiger partial charge in [-0.05, 0) is 33.8 Å². The zero-order valence-corrected chi connectivity index (χ0v) is 13.8. The molecule has 0 atom stereocenters. The van der Waals surface area contributed by atoms with E-state index < -0.39 is 0 Å². The van der Waals surface area contributed by atoms with E-state index in [1.165, 1.54) is 0 Å². The van der Waals surface area contributed by atoms with Gasteiger partial charge in [-0.3, -0.25) is 4.57 Å². The van der Waals surface area contributed by atoms with E-state index in [2.05, 4.69) is 20.3 Å². The zero-order chi connectivity index (χ0) is 17.0. The molecule has 2 aromatic rings. The van der Waals surface area contributed by atoms with E-state index in [1.807, 2.05) is 26.8 Å². The molecule has 2 rings (SSSR count). The Balaban J connectivity index is 2.04. The molecule has 0 radical (unpaired) electrons. The number of rotatable bonds is 6. The van der Waals surface area contributed by atoms with Crippen LogP contribution in [0.15, 0.2) is 16.9 Å². The van der Waals surface area contributed by atoms with E-state index in [-0.39, 0.29) is 17.7 Å². The van der Waals surface area contributed by atoms with Gasteiger partial charge in [0.15, 0.2) is 0 Å². The maximum absolute atomic E-state index is 11.9. The summed E-state index contributed by atoms with van der Waals surface area (Å²) in [5, 5.41) is 3.12. The number of hydrogen-bond donors (Lipinski definition) is 2. The smallest absolute Gasteiger partial charge is 0.348 e. The molecule has 8 heteroatoms. The largest absolute Gasteiger partial charge is 0.475 e. The average molecular weight is 318 g/mol. The van der Waals surface area contributed by atoms with Gasteiger partial charge >= 0.3 is 5.69 Å². The van der Waals surface area contributed by atoms with Gasteiger partial charge in [0.2, 0.25) is 11.8 Å². The predicted octanol–water partition coefficient (Wildman–Crippen LogP) is 1.13. The lowest BCUT2D eigenvalue weighted by Gasteiger charge is -2.13. The summed E-state index contributed by atoms with van der Waals surface area (Å²) in [4.78, 5) is 23.9. The van der Waals surface area contributed by atoms with Crippen molar-refractivity contribution in [2.75, 3.05) is 17.6 Å². The van der Waals surface area contributed by atoms with Crippen LogP contribution in [-0.2, 0) is 6.54 Å². The van der Waals surface area contributed by atoms with Crippen LogP contribution in [0.25, 0.3) is 0 Å². The van der Waals surface area contributed by atoms with Crippen molar-refractivity contribution in [2.45, 2.75) is 40.3 Å². The first-order valence-electron chi connectivity index (χ1n) is 7.45. The maximum Gasteiger partial charge on any atom is 0.348 e. The fraction of sp³-hybridized carbons (Fsp3) is 0.467. The van der Waals surface area contributed by atoms with Gasteiger partial charge in [0, 0.05) is 30.5 Å². The van der Waals surface area contributed by atoms with Gasteiger partial charge in [-0.15, -0.1) is 0 Å². The van der Waals surface area contributed by atoms with E-state index in [1.54, 1.807) is 17.6 Å². The molecule has 0 aliphatic rings. The Hall–Kier alpha value is -2.64. The summed E-state index contributed by atoms with van der Waals surface area (Å²) < 4.78 is 7.12. The molecule has 3 N–H and O–H groups in total. The highest BCUT2D eigenvalue weighted by molar-refractivity contribution is 5.42. The van der Waals surface area contributed by atoms with Crippen LogP contribution in [0.4, 0.5) is 11.8 Å². The topological polar surface area (TPSA) is 108 Å². The molecule has 0 bridgehead atoms. The van der Waals surface area contributed by atoms with Crippen LogP contribution in [0.5, 0.6) is 5.88 Å². The second kappa shape index (κ2) is 7.08. The van der Waals surface area contributed by atoms with Crippen molar-refractivity contribution in [1.82, 2.24) is 19.5 Å². The second-order valence-corrected chi connectivity index (χ2v) is 5.52. The zero-order valence-electron chi connectivity index (χ0n) is 13.8. The monoisotopic (exact) mass is 318 g/mol. The standard InChI is InChI=1S/C15H22N6O2/c1-9(2)23-13-8-12(19-14(16)20-13)17-5-6-21-11(4)7-10(3)18-15(21)22/h7-9H,5-6H2,1-4H3,(H3,16,17,19,20). The Morgan fingerprint density at radius 1 is 1.26 bits per heavy atom. The summed E-state index contributed by atoms with van der Waals surface area (Å²) in [5.74, 6) is 1.11. The first-order chi connectivity index (χ1) is 10.8. The van der Waals surface area contributed by atoms with Crippen molar-refractivity contribution in [3.05, 3.63) is 34.0 Å². The van der Waals surface area contributed by atoms with Crippen molar-refractivity contribution in [3.63, 3.8) is 0 Å². The first-order valence-corrected chi connectivity index (χ1v) is 7.45. The summed E-state index contributed by atoms with van der Waals surface area (Å²) in [6.07, 6.45) is -0.00277. The SMILES string of the molecule is Cc1cc(C)n(CCNc2cc(OC(C)C)nc(N)n2)c(=O)n1. The number of nitrogens with one attached hydrogen (secondary N) is 1. The third kappa shape index (κ3) is 4.67. The van der Waals surface area contributed by atoms with E-state index >= 15 is 0 Å². The Kier molecular flexibility index (Phi) is 5.15. The third-order valence-electron chi connectivity index (χ3n) is 3.06. The van der Waals surface area contributed by atoms with Crippen LogP contribution in [0.3, 0.4) is 0 Å². The van der Waals surface area contributed by atoms with E-state index in [0.717, 1.165) is 11.4 Å². The van der Waals surface area contributed by atoms with E-state index in [9.17, 15) is 4.79 Å². The lowest BCUT2D eigenvalue weighted by Crippen LogP contribution is -2.28. The quantitative estimate of drug-likeness (QED) is 0.822. The Bertz CT molecular complexity index is 741. The van der Waals surface area contributed by atoms with Crippen molar-refractivity contribution < 1.29 is 4.74 Å². The lowest BCUT2D eigenvalue weighted by atomic mass is 10.3. The molecule has 0 fully saturated rings. The summed E-state index contributed by atoms with van der Waals surface area (Å²) in [6, 6.07) is 3.55. The summed E-state index contributed by atoms with van der Waals surface area (Å²) in [5.41, 5.74) is 7.01. The molecule has 124 valence electrons. The molecule has 2 aromatic heterocycles. The van der Waals surface area contributed by atoms with Crippen molar-refractivity contribution in [1.29, 1.82) is 0 Å². The van der Waals surface area contributed by atoms with Crippen molar-refractivity contribution in [2.24, 2.45) is 0 Å². The van der Waals surface area contributed by atoms with Crippen LogP contribution in [0, 0.1) is 13.8 Å². The molecule has 0 unspecified atom stereocenters. The summed E-state index contributed by atoms with van der Waals surface area (Å²) in [6.45, 7) is 8.48. The number of nitrogens with zero attached hydrogens (tertiary/aromatic N) is 4. The third-order valence-corrected chi connectivity index (χ3v) is 3.06. The van der Waals surface area contributed by atoms with Gasteiger partial charge in [0.1, 0.15) is 5.82 Å². The fourth-order valence-electron chi connectivity index (χ4n) is 2.18. The Labute approximate surface area is 134 Å². The van der Waals surface area contributed by atoms with Crippen LogP contribution in [0.1, 0.15) is 25.2 Å². The number of hydrogen-bond acceptors (Lipinski definition) is 7. The lowest BCUT2D eigenvalue weighted by molar-refractivity contribution is 0.233. The summed E-state index contributed by atoms with van der Waals surface area (Å²) in [7, 11) is 0. The number of anilines is 2. The molecule has 0 spiro atoms. The number of ether oxygens (including phenoxy) is 1. The van der Waals surface area contributed by atoms with Crippen LogP contribution < -0.4 is 21.5 Å². The Morgan fingerprint density at radius 3 is 2.65 bits per heavy atom. The van der Waals surface area contributed by atoms with Gasteiger partial charge in [0.25, 0.3) is 0 Å². The van der Waals surface area contributed by atoms with E-state index in [0.29, 0.717) is 24.8 Å². The number of nitrogens with two attached hydrogens (primary N) is 1. The van der Waals surface area contributed by atoms with Crippen molar-refractivity contribution in [3.8, 4) is 5.88 Å². The highest BCUT2D eigenvalue weighted by Crippen LogP contribution is 2.15. The molecule has 0 amide bonds. The fourth-order valence-corrected chi connectivity index (χ4v) is 2.18. The second-order valence-electron chi connectivity index (χ2n) is 5.52. The Morgan fingerprint density at radius 2 is 2.00 bits per heavy atom. The molecular weight excluding hydrogens is 296 g/mol. The predicted molar refractivity (Wildman–Crippen MR) is 88.7 cm³/mol. The van der Waals surface area contributed by atoms with Gasteiger partial charge in [-0.25, -0.2) is 4.79 Å². The highest BCUT2D eigenvalue weighted by atomic mass is 16.5. The first kappa shape index (κ1) is 16.7. The van der Waals surface area contributed by atoms with Gasteiger partial charge < -0.3 is 15.8 Å². The molecule has 8 nitrogen and oxygen atoms in total. The van der Waals surface area contributed by atoms with Gasteiger partial charge in [-0.1, -0.05) is 0 Å². The maximum atomic E-state index is 11.9. The molecule has 0 saturated heterocycles. The van der Waals surface area contributed by atoms with Crippen LogP contribution >= 0.6 is 0 Å². The minimum absolute atomic E-state index is 0.00277. The number of aryl methyl sites for hydroxylation is 2. The van der Waals surface area contributed by atoms with Gasteiger partial charge in [0.05, 0.1) is 6.10 Å².